The summed E-state index contributed by atoms with van der Waals surface area (Å²) in [6.07, 6.45) is 0. The average Bonchev–Trinajstić information content (AvgIpc) is 2.86. The van der Waals surface area contributed by atoms with Crippen molar-refractivity contribution in [3.05, 3.63) is 11.2 Å². The van der Waals surface area contributed by atoms with Crippen LogP contribution in [0, 0.1) is 0 Å². The number of hydrogen-bond donors (Lipinski definition) is 0. The summed E-state index contributed by atoms with van der Waals surface area (Å²) >= 11 is 0.912. The fourth-order valence-electron chi connectivity index (χ4n) is 1.95. The van der Waals surface area contributed by atoms with Crippen LogP contribution < -0.4 is 0 Å². The molecule has 7 nitrogen and oxygen atoms in total. The molecule has 1 aliphatic rings. The first-order valence-electron chi connectivity index (χ1n) is 5.94. The van der Waals surface area contributed by atoms with Crippen molar-refractivity contribution in [1.29, 1.82) is 0 Å². The molecule has 9 heteroatoms. The van der Waals surface area contributed by atoms with Crippen LogP contribution in [0.1, 0.15) is 24.3 Å². The van der Waals surface area contributed by atoms with E-state index in [9.17, 15) is 13.2 Å². The Bertz CT molecular complexity index is 608. The highest BCUT2D eigenvalue weighted by Crippen LogP contribution is 2.28. The van der Waals surface area contributed by atoms with E-state index < -0.39 is 21.6 Å². The van der Waals surface area contributed by atoms with E-state index in [0.29, 0.717) is 6.61 Å². The van der Waals surface area contributed by atoms with Gasteiger partial charge in [0, 0.05) is 13.1 Å². The lowest BCUT2D eigenvalue weighted by Gasteiger charge is -2.37. The standard InChI is InChI=1S/C11H16N2O5S2/c1-11(2)6-13(4-5-18-11)20(15,16)10-8(9(14)17-3)12-7-19-10/h7H,4-6H2,1-3H3. The van der Waals surface area contributed by atoms with Gasteiger partial charge in [0.1, 0.15) is 0 Å². The van der Waals surface area contributed by atoms with Crippen molar-refractivity contribution in [2.75, 3.05) is 26.8 Å². The molecule has 1 saturated heterocycles. The molecule has 0 radical (unpaired) electrons. The fourth-order valence-corrected chi connectivity index (χ4v) is 4.79. The zero-order chi connectivity index (χ0) is 15.0. The number of carbonyl (C=O) groups is 1. The normalized spacial score (nSPS) is 19.8. The number of nitrogens with zero attached hydrogens (tertiary/aromatic N) is 2. The number of morpholine rings is 1. The monoisotopic (exact) mass is 320 g/mol. The van der Waals surface area contributed by atoms with E-state index in [1.54, 1.807) is 0 Å². The maximum absolute atomic E-state index is 12.6. The van der Waals surface area contributed by atoms with Crippen LogP contribution in [-0.4, -0.2) is 56.1 Å². The van der Waals surface area contributed by atoms with Crippen LogP contribution in [-0.2, 0) is 19.5 Å². The minimum Gasteiger partial charge on any atom is -0.464 e. The Morgan fingerprint density at radius 2 is 2.25 bits per heavy atom. The third-order valence-corrected chi connectivity index (χ3v) is 6.07. The van der Waals surface area contributed by atoms with Gasteiger partial charge in [0.05, 0.1) is 24.8 Å². The minimum atomic E-state index is -3.77. The first kappa shape index (κ1) is 15.4. The van der Waals surface area contributed by atoms with E-state index in [-0.39, 0.29) is 23.0 Å². The number of hydrogen-bond acceptors (Lipinski definition) is 7. The average molecular weight is 320 g/mol. The molecule has 0 saturated carbocycles. The maximum Gasteiger partial charge on any atom is 0.358 e. The maximum atomic E-state index is 12.6. The van der Waals surface area contributed by atoms with Gasteiger partial charge in [0.15, 0.2) is 9.90 Å². The number of esters is 1. The van der Waals surface area contributed by atoms with Crippen LogP contribution in [0.4, 0.5) is 0 Å². The summed E-state index contributed by atoms with van der Waals surface area (Å²) in [6.45, 7) is 4.45. The third-order valence-electron chi connectivity index (χ3n) is 2.88. The zero-order valence-corrected chi connectivity index (χ0v) is 13.1. The van der Waals surface area contributed by atoms with Crippen molar-refractivity contribution in [3.63, 3.8) is 0 Å². The lowest BCUT2D eigenvalue weighted by molar-refractivity contribution is -0.0640. The molecule has 0 spiro atoms. The summed E-state index contributed by atoms with van der Waals surface area (Å²) in [5.74, 6) is -0.752. The molecule has 1 aliphatic heterocycles. The van der Waals surface area contributed by atoms with Crippen molar-refractivity contribution < 1.29 is 22.7 Å². The van der Waals surface area contributed by atoms with Crippen LogP contribution in [0.25, 0.3) is 0 Å². The Kier molecular flexibility index (Phi) is 4.14. The SMILES string of the molecule is COC(=O)c1ncsc1S(=O)(=O)N1CCOC(C)(C)C1. The molecule has 0 aliphatic carbocycles. The van der Waals surface area contributed by atoms with Crippen LogP contribution >= 0.6 is 11.3 Å². The Labute approximate surface area is 121 Å². The van der Waals surface area contributed by atoms with Gasteiger partial charge in [0.25, 0.3) is 10.0 Å². The van der Waals surface area contributed by atoms with Crippen LogP contribution in [0.3, 0.4) is 0 Å². The van der Waals surface area contributed by atoms with E-state index in [4.69, 9.17) is 4.74 Å². The second-order valence-electron chi connectivity index (χ2n) is 4.93. The lowest BCUT2D eigenvalue weighted by atomic mass is 10.1. The highest BCUT2D eigenvalue weighted by molar-refractivity contribution is 7.91. The van der Waals surface area contributed by atoms with E-state index >= 15 is 0 Å². The predicted molar refractivity (Wildman–Crippen MR) is 72.2 cm³/mol. The van der Waals surface area contributed by atoms with Gasteiger partial charge < -0.3 is 9.47 Å². The molecule has 0 aromatic carbocycles. The number of ether oxygens (including phenoxy) is 2. The lowest BCUT2D eigenvalue weighted by Crippen LogP contribution is -2.50. The number of sulfonamides is 1. The second-order valence-corrected chi connectivity index (χ2v) is 7.91. The van der Waals surface area contributed by atoms with E-state index in [0.717, 1.165) is 11.3 Å². The minimum absolute atomic E-state index is 0.0814. The van der Waals surface area contributed by atoms with Crippen molar-refractivity contribution in [1.82, 2.24) is 9.29 Å². The van der Waals surface area contributed by atoms with Crippen LogP contribution in [0.2, 0.25) is 0 Å². The van der Waals surface area contributed by atoms with Crippen molar-refractivity contribution in [2.24, 2.45) is 0 Å². The topological polar surface area (TPSA) is 85.8 Å². The van der Waals surface area contributed by atoms with Crippen molar-refractivity contribution in [2.45, 2.75) is 23.7 Å². The van der Waals surface area contributed by atoms with Crippen molar-refractivity contribution in [3.8, 4) is 0 Å². The van der Waals surface area contributed by atoms with Gasteiger partial charge >= 0.3 is 5.97 Å². The fraction of sp³-hybridized carbons (Fsp3) is 0.636. The molecule has 0 bridgehead atoms. The van der Waals surface area contributed by atoms with Gasteiger partial charge in [-0.3, -0.25) is 0 Å². The van der Waals surface area contributed by atoms with Crippen LogP contribution in [0.5, 0.6) is 0 Å². The molecule has 0 atom stereocenters. The highest BCUT2D eigenvalue weighted by Gasteiger charge is 2.38. The molecule has 2 rings (SSSR count). The molecule has 1 aromatic heterocycles. The Balaban J connectivity index is 2.36. The number of rotatable bonds is 3. The summed E-state index contributed by atoms with van der Waals surface area (Å²) in [7, 11) is -2.58. The zero-order valence-electron chi connectivity index (χ0n) is 11.5. The first-order valence-corrected chi connectivity index (χ1v) is 8.26. The summed E-state index contributed by atoms with van der Waals surface area (Å²) in [4.78, 5) is 15.4. The highest BCUT2D eigenvalue weighted by atomic mass is 32.2. The van der Waals surface area contributed by atoms with E-state index in [1.165, 1.54) is 16.9 Å². The Morgan fingerprint density at radius 3 is 2.85 bits per heavy atom. The molecule has 1 aromatic rings. The predicted octanol–water partition coefficient (Wildman–Crippen LogP) is 0.729. The summed E-state index contributed by atoms with van der Waals surface area (Å²) < 4.78 is 36.5. The van der Waals surface area contributed by atoms with Gasteiger partial charge in [-0.25, -0.2) is 18.2 Å². The Morgan fingerprint density at radius 1 is 1.55 bits per heavy atom. The van der Waals surface area contributed by atoms with E-state index in [1.807, 2.05) is 13.8 Å². The molecule has 1 fully saturated rings. The summed E-state index contributed by atoms with van der Waals surface area (Å²) in [6, 6.07) is 0. The van der Waals surface area contributed by atoms with Crippen molar-refractivity contribution >= 4 is 27.3 Å². The molecular formula is C11H16N2O5S2. The molecule has 0 amide bonds. The summed E-state index contributed by atoms with van der Waals surface area (Å²) in [5, 5.41) is 0. The molecule has 20 heavy (non-hydrogen) atoms. The van der Waals surface area contributed by atoms with Gasteiger partial charge in [0.2, 0.25) is 0 Å². The molecular weight excluding hydrogens is 304 g/mol. The summed E-state index contributed by atoms with van der Waals surface area (Å²) in [5.41, 5.74) is 0.605. The number of carbonyl (C=O) groups excluding carboxylic acids is 1. The Hall–Kier alpha value is -1.03. The second kappa shape index (κ2) is 5.40. The van der Waals surface area contributed by atoms with Gasteiger partial charge in [-0.1, -0.05) is 0 Å². The first-order chi connectivity index (χ1) is 9.28. The smallest absolute Gasteiger partial charge is 0.358 e. The third kappa shape index (κ3) is 2.85. The largest absolute Gasteiger partial charge is 0.464 e. The van der Waals surface area contributed by atoms with E-state index in [2.05, 4.69) is 9.72 Å². The molecule has 0 N–H and O–H groups in total. The van der Waals surface area contributed by atoms with Gasteiger partial charge in [-0.15, -0.1) is 11.3 Å². The van der Waals surface area contributed by atoms with Crippen LogP contribution in [0.15, 0.2) is 9.72 Å². The molecule has 0 unspecified atom stereocenters. The van der Waals surface area contributed by atoms with Gasteiger partial charge in [-0.2, -0.15) is 4.31 Å². The quantitative estimate of drug-likeness (QED) is 0.763. The molecule has 112 valence electrons. The van der Waals surface area contributed by atoms with Gasteiger partial charge in [-0.05, 0) is 13.8 Å². The molecule has 2 heterocycles. The number of thiazole rings is 1. The number of methoxy groups -OCH3 is 1. The number of aromatic nitrogens is 1.